The van der Waals surface area contributed by atoms with Gasteiger partial charge in [0.1, 0.15) is 5.92 Å². The van der Waals surface area contributed by atoms with E-state index in [0.717, 1.165) is 6.42 Å². The number of hydrogen-bond acceptors (Lipinski definition) is 2. The molecule has 1 heterocycles. The average Bonchev–Trinajstić information content (AvgIpc) is 2.69. The fourth-order valence-corrected chi connectivity index (χ4v) is 2.10. The Kier molecular flexibility index (Phi) is 3.42. The van der Waals surface area contributed by atoms with E-state index < -0.39 is 11.9 Å². The first-order valence-electron chi connectivity index (χ1n) is 5.74. The van der Waals surface area contributed by atoms with Gasteiger partial charge in [0.05, 0.1) is 0 Å². The van der Waals surface area contributed by atoms with Crippen molar-refractivity contribution >= 4 is 11.9 Å². The summed E-state index contributed by atoms with van der Waals surface area (Å²) in [4.78, 5) is 24.1. The van der Waals surface area contributed by atoms with Crippen LogP contribution >= 0.6 is 0 Å². The van der Waals surface area contributed by atoms with Gasteiger partial charge in [-0.2, -0.15) is 0 Å². The Balaban J connectivity index is 1.89. The van der Waals surface area contributed by atoms with Crippen LogP contribution in [0.25, 0.3) is 0 Å². The zero-order valence-electron chi connectivity index (χ0n) is 9.50. The van der Waals surface area contributed by atoms with Crippen LogP contribution in [0.2, 0.25) is 0 Å². The zero-order valence-corrected chi connectivity index (χ0v) is 9.50. The van der Waals surface area contributed by atoms with Crippen molar-refractivity contribution in [3.8, 4) is 0 Å². The molecular formula is C13H15NO3. The third-order valence-electron chi connectivity index (χ3n) is 3.11. The van der Waals surface area contributed by atoms with E-state index in [4.69, 9.17) is 5.11 Å². The molecule has 1 unspecified atom stereocenters. The second-order valence-corrected chi connectivity index (χ2v) is 4.24. The van der Waals surface area contributed by atoms with E-state index in [-0.39, 0.29) is 5.91 Å². The van der Waals surface area contributed by atoms with Crippen molar-refractivity contribution in [3.05, 3.63) is 35.9 Å². The Hall–Kier alpha value is -1.84. The Labute approximate surface area is 99.9 Å². The van der Waals surface area contributed by atoms with Gasteiger partial charge in [-0.25, -0.2) is 0 Å². The van der Waals surface area contributed by atoms with Gasteiger partial charge < -0.3 is 10.0 Å². The highest BCUT2D eigenvalue weighted by molar-refractivity contribution is 5.98. The van der Waals surface area contributed by atoms with Crippen molar-refractivity contribution in [2.24, 2.45) is 5.92 Å². The van der Waals surface area contributed by atoms with Crippen molar-refractivity contribution < 1.29 is 14.7 Å². The third kappa shape index (κ3) is 2.64. The summed E-state index contributed by atoms with van der Waals surface area (Å²) in [5, 5.41) is 8.84. The molecule has 0 radical (unpaired) electrons. The van der Waals surface area contributed by atoms with Gasteiger partial charge in [0.25, 0.3) is 0 Å². The van der Waals surface area contributed by atoms with E-state index in [0.29, 0.717) is 19.5 Å². The van der Waals surface area contributed by atoms with E-state index in [2.05, 4.69) is 0 Å². The largest absolute Gasteiger partial charge is 0.481 e. The predicted molar refractivity (Wildman–Crippen MR) is 62.5 cm³/mol. The molecule has 4 nitrogen and oxygen atoms in total. The van der Waals surface area contributed by atoms with Gasteiger partial charge in [-0.1, -0.05) is 30.3 Å². The van der Waals surface area contributed by atoms with Crippen molar-refractivity contribution in [1.82, 2.24) is 4.90 Å². The molecule has 90 valence electrons. The maximum atomic E-state index is 11.7. The lowest BCUT2D eigenvalue weighted by Gasteiger charge is -2.15. The Morgan fingerprint density at radius 3 is 2.65 bits per heavy atom. The molecule has 1 N–H and O–H groups in total. The summed E-state index contributed by atoms with van der Waals surface area (Å²) in [5.41, 5.74) is 1.17. The Morgan fingerprint density at radius 1 is 1.35 bits per heavy atom. The molecule has 1 aliphatic heterocycles. The van der Waals surface area contributed by atoms with E-state index in [1.165, 1.54) is 5.56 Å². The van der Waals surface area contributed by atoms with Gasteiger partial charge in [-0.15, -0.1) is 0 Å². The highest BCUT2D eigenvalue weighted by Crippen LogP contribution is 2.18. The quantitative estimate of drug-likeness (QED) is 0.794. The number of likely N-dealkylation sites (tertiary alicyclic amines) is 1. The first kappa shape index (κ1) is 11.6. The van der Waals surface area contributed by atoms with Crippen LogP contribution in [0.4, 0.5) is 0 Å². The molecule has 1 fully saturated rings. The molecule has 1 saturated heterocycles. The van der Waals surface area contributed by atoms with Crippen molar-refractivity contribution in [1.29, 1.82) is 0 Å². The molecule has 1 aromatic carbocycles. The number of aliphatic carboxylic acids is 1. The van der Waals surface area contributed by atoms with Crippen LogP contribution < -0.4 is 0 Å². The fourth-order valence-electron chi connectivity index (χ4n) is 2.10. The summed E-state index contributed by atoms with van der Waals surface area (Å²) >= 11 is 0. The highest BCUT2D eigenvalue weighted by atomic mass is 16.4. The molecular weight excluding hydrogens is 218 g/mol. The minimum Gasteiger partial charge on any atom is -0.481 e. The number of carbonyl (C=O) groups is 2. The molecule has 1 atom stereocenters. The molecule has 1 amide bonds. The van der Waals surface area contributed by atoms with Crippen molar-refractivity contribution in [2.75, 3.05) is 13.1 Å². The lowest BCUT2D eigenvalue weighted by atomic mass is 10.1. The van der Waals surface area contributed by atoms with E-state index in [1.54, 1.807) is 4.90 Å². The van der Waals surface area contributed by atoms with Gasteiger partial charge in [-0.3, -0.25) is 9.59 Å². The van der Waals surface area contributed by atoms with Gasteiger partial charge >= 0.3 is 5.97 Å². The number of benzene rings is 1. The predicted octanol–water partition coefficient (Wildman–Crippen LogP) is 1.16. The van der Waals surface area contributed by atoms with Crippen molar-refractivity contribution in [3.63, 3.8) is 0 Å². The standard InChI is InChI=1S/C13H15NO3/c15-12-11(13(16)17)7-9-14(12)8-6-10-4-2-1-3-5-10/h1-5,11H,6-9H2,(H,16,17). The molecule has 0 bridgehead atoms. The lowest BCUT2D eigenvalue weighted by molar-refractivity contribution is -0.147. The number of carboxylic acid groups (broad SMARTS) is 1. The third-order valence-corrected chi connectivity index (χ3v) is 3.11. The molecule has 1 aromatic rings. The lowest BCUT2D eigenvalue weighted by Crippen LogP contribution is -2.31. The van der Waals surface area contributed by atoms with Crippen LogP contribution in [-0.4, -0.2) is 35.0 Å². The minimum absolute atomic E-state index is 0.242. The first-order valence-corrected chi connectivity index (χ1v) is 5.74. The maximum absolute atomic E-state index is 11.7. The summed E-state index contributed by atoms with van der Waals surface area (Å²) in [6.07, 6.45) is 1.21. The highest BCUT2D eigenvalue weighted by Gasteiger charge is 2.36. The minimum atomic E-state index is -1.00. The molecule has 4 heteroatoms. The Morgan fingerprint density at radius 2 is 2.06 bits per heavy atom. The number of nitrogens with zero attached hydrogens (tertiary/aromatic N) is 1. The van der Waals surface area contributed by atoms with Gasteiger partial charge in [0.2, 0.25) is 5.91 Å². The van der Waals surface area contributed by atoms with E-state index in [9.17, 15) is 9.59 Å². The molecule has 0 aromatic heterocycles. The van der Waals surface area contributed by atoms with Crippen LogP contribution in [0.1, 0.15) is 12.0 Å². The SMILES string of the molecule is O=C(O)C1CCN(CCc2ccccc2)C1=O. The molecule has 0 saturated carbocycles. The topological polar surface area (TPSA) is 57.6 Å². The van der Waals surface area contributed by atoms with Crippen LogP contribution in [-0.2, 0) is 16.0 Å². The molecule has 0 spiro atoms. The number of hydrogen-bond donors (Lipinski definition) is 1. The second-order valence-electron chi connectivity index (χ2n) is 4.24. The monoisotopic (exact) mass is 233 g/mol. The Bertz CT molecular complexity index is 416. The molecule has 1 aliphatic rings. The van der Waals surface area contributed by atoms with Gasteiger partial charge in [0.15, 0.2) is 0 Å². The summed E-state index contributed by atoms with van der Waals surface area (Å²) in [5.74, 6) is -2.07. The maximum Gasteiger partial charge on any atom is 0.316 e. The summed E-state index contributed by atoms with van der Waals surface area (Å²) in [6, 6.07) is 9.89. The number of carbonyl (C=O) groups excluding carboxylic acids is 1. The van der Waals surface area contributed by atoms with Gasteiger partial charge in [0, 0.05) is 13.1 Å². The summed E-state index contributed by atoms with van der Waals surface area (Å²) in [6.45, 7) is 1.16. The van der Waals surface area contributed by atoms with E-state index >= 15 is 0 Å². The van der Waals surface area contributed by atoms with E-state index in [1.807, 2.05) is 30.3 Å². The number of rotatable bonds is 4. The first-order chi connectivity index (χ1) is 8.18. The summed E-state index contributed by atoms with van der Waals surface area (Å²) < 4.78 is 0. The van der Waals surface area contributed by atoms with Crippen molar-refractivity contribution in [2.45, 2.75) is 12.8 Å². The van der Waals surface area contributed by atoms with Crippen LogP contribution in [0.3, 0.4) is 0 Å². The summed E-state index contributed by atoms with van der Waals surface area (Å²) in [7, 11) is 0. The average molecular weight is 233 g/mol. The van der Waals surface area contributed by atoms with Crippen LogP contribution in [0, 0.1) is 5.92 Å². The normalized spacial score (nSPS) is 19.6. The molecule has 2 rings (SSSR count). The fraction of sp³-hybridized carbons (Fsp3) is 0.385. The van der Waals surface area contributed by atoms with Crippen LogP contribution in [0.5, 0.6) is 0 Å². The molecule has 17 heavy (non-hydrogen) atoms. The van der Waals surface area contributed by atoms with Gasteiger partial charge in [-0.05, 0) is 18.4 Å². The zero-order chi connectivity index (χ0) is 12.3. The smallest absolute Gasteiger partial charge is 0.316 e. The molecule has 0 aliphatic carbocycles. The second kappa shape index (κ2) is 4.99. The van der Waals surface area contributed by atoms with Crippen LogP contribution in [0.15, 0.2) is 30.3 Å². The number of carboxylic acids is 1. The number of amides is 1.